The quantitative estimate of drug-likeness (QED) is 0.626. The van der Waals surface area contributed by atoms with E-state index in [0.717, 1.165) is 6.42 Å². The van der Waals surface area contributed by atoms with Crippen LogP contribution in [-0.4, -0.2) is 36.5 Å². The number of ether oxygens (including phenoxy) is 1. The van der Waals surface area contributed by atoms with E-state index in [-0.39, 0.29) is 18.4 Å². The summed E-state index contributed by atoms with van der Waals surface area (Å²) in [6, 6.07) is 0. The monoisotopic (exact) mass is 229 g/mol. The molecule has 0 heterocycles. The normalized spacial score (nSPS) is 10.3. The Morgan fingerprint density at radius 2 is 1.88 bits per heavy atom. The lowest BCUT2D eigenvalue weighted by atomic mass is 10.1. The van der Waals surface area contributed by atoms with Gasteiger partial charge in [-0.25, -0.2) is 0 Å². The molecule has 0 fully saturated rings. The highest BCUT2D eigenvalue weighted by Gasteiger charge is 2.16. The largest absolute Gasteiger partial charge is 0.465 e. The lowest BCUT2D eigenvalue weighted by Gasteiger charge is -2.22. The van der Waals surface area contributed by atoms with Crippen LogP contribution in [0.2, 0.25) is 0 Å². The number of carbonyl (C=O) groups excluding carboxylic acids is 2. The van der Waals surface area contributed by atoms with Crippen molar-refractivity contribution in [1.82, 2.24) is 4.90 Å². The molecule has 94 valence electrons. The molecule has 0 radical (unpaired) electrons. The van der Waals surface area contributed by atoms with Gasteiger partial charge in [-0.05, 0) is 19.3 Å². The minimum atomic E-state index is -0.326. The topological polar surface area (TPSA) is 46.6 Å². The molecule has 0 aliphatic heterocycles. The Balaban J connectivity index is 4.20. The molecule has 0 aromatic carbocycles. The van der Waals surface area contributed by atoms with Gasteiger partial charge < -0.3 is 9.64 Å². The summed E-state index contributed by atoms with van der Waals surface area (Å²) in [6.07, 6.45) is 1.34. The molecule has 0 saturated heterocycles. The highest BCUT2D eigenvalue weighted by molar-refractivity contribution is 5.81. The van der Waals surface area contributed by atoms with Crippen LogP contribution in [-0.2, 0) is 14.3 Å². The molecular weight excluding hydrogens is 206 g/mol. The molecular formula is C12H23NO3. The van der Waals surface area contributed by atoms with E-state index in [4.69, 9.17) is 4.74 Å². The SMILES string of the molecule is CCOC(=O)CN(CCC(C)C)C(=O)CC. The number of nitrogens with zero attached hydrogens (tertiary/aromatic N) is 1. The molecule has 0 unspecified atom stereocenters. The third-order valence-corrected chi connectivity index (χ3v) is 2.26. The van der Waals surface area contributed by atoms with E-state index in [1.807, 2.05) is 0 Å². The van der Waals surface area contributed by atoms with Gasteiger partial charge in [0, 0.05) is 13.0 Å². The number of rotatable bonds is 7. The van der Waals surface area contributed by atoms with Crippen molar-refractivity contribution in [2.24, 2.45) is 5.92 Å². The fourth-order valence-corrected chi connectivity index (χ4v) is 1.29. The maximum Gasteiger partial charge on any atom is 0.325 e. The van der Waals surface area contributed by atoms with E-state index in [1.165, 1.54) is 0 Å². The minimum absolute atomic E-state index is 0.00806. The lowest BCUT2D eigenvalue weighted by Crippen LogP contribution is -2.37. The molecule has 16 heavy (non-hydrogen) atoms. The Hall–Kier alpha value is -1.06. The molecule has 4 heteroatoms. The van der Waals surface area contributed by atoms with Crippen molar-refractivity contribution in [1.29, 1.82) is 0 Å². The van der Waals surface area contributed by atoms with E-state index < -0.39 is 0 Å². The van der Waals surface area contributed by atoms with E-state index in [0.29, 0.717) is 25.5 Å². The van der Waals surface area contributed by atoms with Gasteiger partial charge >= 0.3 is 5.97 Å². The molecule has 0 aromatic heterocycles. The highest BCUT2D eigenvalue weighted by Crippen LogP contribution is 2.04. The third-order valence-electron chi connectivity index (χ3n) is 2.26. The van der Waals surface area contributed by atoms with E-state index >= 15 is 0 Å². The first-order valence-corrected chi connectivity index (χ1v) is 5.94. The maximum absolute atomic E-state index is 11.6. The number of hydrogen-bond donors (Lipinski definition) is 0. The first-order valence-electron chi connectivity index (χ1n) is 5.94. The van der Waals surface area contributed by atoms with Crippen LogP contribution in [0, 0.1) is 5.92 Å². The second-order valence-corrected chi connectivity index (χ2v) is 4.16. The van der Waals surface area contributed by atoms with E-state index in [9.17, 15) is 9.59 Å². The smallest absolute Gasteiger partial charge is 0.325 e. The van der Waals surface area contributed by atoms with Gasteiger partial charge in [-0.2, -0.15) is 0 Å². The van der Waals surface area contributed by atoms with Gasteiger partial charge in [0.15, 0.2) is 0 Å². The average Bonchev–Trinajstić information content (AvgIpc) is 2.23. The molecule has 0 aromatic rings. The molecule has 0 saturated carbocycles. The van der Waals surface area contributed by atoms with E-state index in [2.05, 4.69) is 13.8 Å². The summed E-state index contributed by atoms with van der Waals surface area (Å²) in [6.45, 7) is 8.82. The van der Waals surface area contributed by atoms with Gasteiger partial charge in [0.25, 0.3) is 0 Å². The minimum Gasteiger partial charge on any atom is -0.465 e. The lowest BCUT2D eigenvalue weighted by molar-refractivity contribution is -0.149. The van der Waals surface area contributed by atoms with Crippen LogP contribution < -0.4 is 0 Å². The van der Waals surface area contributed by atoms with Gasteiger partial charge in [-0.3, -0.25) is 9.59 Å². The second-order valence-electron chi connectivity index (χ2n) is 4.16. The molecule has 0 atom stereocenters. The van der Waals surface area contributed by atoms with Gasteiger partial charge in [-0.15, -0.1) is 0 Å². The number of esters is 1. The Morgan fingerprint density at radius 3 is 2.31 bits per heavy atom. The second kappa shape index (κ2) is 8.13. The molecule has 0 rings (SSSR count). The van der Waals surface area contributed by atoms with Gasteiger partial charge in [-0.1, -0.05) is 20.8 Å². The average molecular weight is 229 g/mol. The fraction of sp³-hybridized carbons (Fsp3) is 0.833. The first-order chi connectivity index (χ1) is 7.51. The maximum atomic E-state index is 11.6. The summed E-state index contributed by atoms with van der Waals surface area (Å²) in [5, 5.41) is 0. The zero-order valence-corrected chi connectivity index (χ0v) is 10.8. The summed E-state index contributed by atoms with van der Waals surface area (Å²) in [4.78, 5) is 24.5. The fourth-order valence-electron chi connectivity index (χ4n) is 1.29. The predicted molar refractivity (Wildman–Crippen MR) is 63.0 cm³/mol. The van der Waals surface area contributed by atoms with Crippen LogP contribution in [0.25, 0.3) is 0 Å². The first kappa shape index (κ1) is 14.9. The zero-order valence-electron chi connectivity index (χ0n) is 10.8. The van der Waals surface area contributed by atoms with Crippen LogP contribution in [0.4, 0.5) is 0 Å². The standard InChI is InChI=1S/C12H23NO3/c1-5-11(14)13(8-7-10(3)4)9-12(15)16-6-2/h10H,5-9H2,1-4H3. The van der Waals surface area contributed by atoms with Gasteiger partial charge in [0.2, 0.25) is 5.91 Å². The third kappa shape index (κ3) is 6.43. The Bertz CT molecular complexity index is 226. The molecule has 4 nitrogen and oxygen atoms in total. The van der Waals surface area contributed by atoms with Crippen LogP contribution in [0.1, 0.15) is 40.5 Å². The molecule has 0 aliphatic carbocycles. The summed E-state index contributed by atoms with van der Waals surface area (Å²) in [5.74, 6) is 0.205. The predicted octanol–water partition coefficient (Wildman–Crippen LogP) is 1.83. The van der Waals surface area contributed by atoms with Crippen LogP contribution in [0.3, 0.4) is 0 Å². The van der Waals surface area contributed by atoms with Gasteiger partial charge in [0.1, 0.15) is 6.54 Å². The van der Waals surface area contributed by atoms with Crippen molar-refractivity contribution < 1.29 is 14.3 Å². The van der Waals surface area contributed by atoms with Crippen LogP contribution in [0.15, 0.2) is 0 Å². The summed E-state index contributed by atoms with van der Waals surface area (Å²) >= 11 is 0. The Morgan fingerprint density at radius 1 is 1.25 bits per heavy atom. The highest BCUT2D eigenvalue weighted by atomic mass is 16.5. The molecule has 0 N–H and O–H groups in total. The van der Waals surface area contributed by atoms with E-state index in [1.54, 1.807) is 18.7 Å². The summed E-state index contributed by atoms with van der Waals surface area (Å²) < 4.78 is 4.84. The molecule has 0 aliphatic rings. The number of amides is 1. The van der Waals surface area contributed by atoms with Crippen molar-refractivity contribution in [3.63, 3.8) is 0 Å². The Kier molecular flexibility index (Phi) is 7.60. The number of hydrogen-bond acceptors (Lipinski definition) is 3. The van der Waals surface area contributed by atoms with Crippen LogP contribution in [0.5, 0.6) is 0 Å². The van der Waals surface area contributed by atoms with Crippen molar-refractivity contribution in [3.05, 3.63) is 0 Å². The van der Waals surface area contributed by atoms with Crippen molar-refractivity contribution in [2.75, 3.05) is 19.7 Å². The van der Waals surface area contributed by atoms with Crippen molar-refractivity contribution in [3.8, 4) is 0 Å². The molecule has 0 spiro atoms. The summed E-state index contributed by atoms with van der Waals surface area (Å²) in [7, 11) is 0. The zero-order chi connectivity index (χ0) is 12.6. The summed E-state index contributed by atoms with van der Waals surface area (Å²) in [5.41, 5.74) is 0. The Labute approximate surface area is 98.0 Å². The van der Waals surface area contributed by atoms with Crippen LogP contribution >= 0.6 is 0 Å². The van der Waals surface area contributed by atoms with Gasteiger partial charge in [0.05, 0.1) is 6.61 Å². The van der Waals surface area contributed by atoms with Crippen molar-refractivity contribution in [2.45, 2.75) is 40.5 Å². The number of carbonyl (C=O) groups is 2. The van der Waals surface area contributed by atoms with Crippen molar-refractivity contribution >= 4 is 11.9 Å². The molecule has 1 amide bonds. The molecule has 0 bridgehead atoms.